The minimum Gasteiger partial charge on any atom is -0.437 e. The molecule has 2 aliphatic rings. The first-order valence-corrected chi connectivity index (χ1v) is 15.9. The van der Waals surface area contributed by atoms with Crippen molar-refractivity contribution in [2.24, 2.45) is 5.92 Å². The van der Waals surface area contributed by atoms with Gasteiger partial charge >= 0.3 is 0 Å². The Morgan fingerprint density at radius 1 is 0.979 bits per heavy atom. The van der Waals surface area contributed by atoms with Gasteiger partial charge in [0.1, 0.15) is 12.1 Å². The number of para-hydroxylation sites is 1. The van der Waals surface area contributed by atoms with Crippen molar-refractivity contribution in [1.82, 2.24) is 14.5 Å². The molecule has 0 radical (unpaired) electrons. The molecule has 47 heavy (non-hydrogen) atoms. The Morgan fingerprint density at radius 2 is 1.64 bits per heavy atom. The summed E-state index contributed by atoms with van der Waals surface area (Å²) in [6.07, 6.45) is 1.16. The fourth-order valence-corrected chi connectivity index (χ4v) is 6.56. The van der Waals surface area contributed by atoms with Gasteiger partial charge in [-0.25, -0.2) is 13.8 Å². The van der Waals surface area contributed by atoms with Gasteiger partial charge in [0, 0.05) is 50.0 Å². The topological polar surface area (TPSA) is 123 Å². The van der Waals surface area contributed by atoms with Gasteiger partial charge in [-0.1, -0.05) is 60.7 Å². The van der Waals surface area contributed by atoms with Crippen LogP contribution in [0.1, 0.15) is 49.1 Å². The van der Waals surface area contributed by atoms with Crippen molar-refractivity contribution in [3.63, 3.8) is 0 Å². The van der Waals surface area contributed by atoms with Crippen molar-refractivity contribution in [3.8, 4) is 11.6 Å². The van der Waals surface area contributed by atoms with Crippen LogP contribution in [-0.2, 0) is 17.9 Å². The van der Waals surface area contributed by atoms with Crippen molar-refractivity contribution in [2.45, 2.75) is 62.6 Å². The lowest BCUT2D eigenvalue weighted by molar-refractivity contribution is -0.145. The highest BCUT2D eigenvalue weighted by Gasteiger charge is 2.46. The van der Waals surface area contributed by atoms with E-state index in [1.807, 2.05) is 48.5 Å². The van der Waals surface area contributed by atoms with Crippen LogP contribution < -0.4 is 21.3 Å². The van der Waals surface area contributed by atoms with E-state index in [0.29, 0.717) is 12.3 Å². The Kier molecular flexibility index (Phi) is 9.26. The highest BCUT2D eigenvalue weighted by molar-refractivity contribution is 5.80. The van der Waals surface area contributed by atoms with Crippen LogP contribution >= 0.6 is 0 Å². The number of amides is 1. The van der Waals surface area contributed by atoms with Crippen molar-refractivity contribution < 1.29 is 23.4 Å². The second kappa shape index (κ2) is 13.5. The van der Waals surface area contributed by atoms with E-state index >= 15 is 0 Å². The number of nitrogens with two attached hydrogens (primary N) is 1. The van der Waals surface area contributed by atoms with Crippen LogP contribution in [0, 0.1) is 5.92 Å². The number of halogens is 2. The molecule has 2 atom stereocenters. The van der Waals surface area contributed by atoms with Gasteiger partial charge < -0.3 is 25.8 Å². The zero-order valence-corrected chi connectivity index (χ0v) is 26.0. The number of aromatic nitrogens is 2. The van der Waals surface area contributed by atoms with E-state index in [9.17, 15) is 23.5 Å². The van der Waals surface area contributed by atoms with Crippen molar-refractivity contribution in [1.29, 1.82) is 0 Å². The number of carbonyl (C=O) groups excluding carboxylic acids is 1. The van der Waals surface area contributed by atoms with Crippen LogP contribution in [0.3, 0.4) is 0 Å². The maximum atomic E-state index is 14.4. The van der Waals surface area contributed by atoms with Gasteiger partial charge in [0.2, 0.25) is 17.7 Å². The van der Waals surface area contributed by atoms with E-state index in [-0.39, 0.29) is 69.2 Å². The molecule has 0 spiro atoms. The average Bonchev–Trinajstić information content (AvgIpc) is 3.08. The lowest BCUT2D eigenvalue weighted by atomic mass is 9.73. The Hall–Kier alpha value is -4.77. The van der Waals surface area contributed by atoms with Crippen LogP contribution in [0.4, 0.5) is 20.2 Å². The van der Waals surface area contributed by atoms with Gasteiger partial charge in [-0.3, -0.25) is 14.2 Å². The quantitative estimate of drug-likeness (QED) is 0.211. The van der Waals surface area contributed by atoms with Gasteiger partial charge in [0.25, 0.3) is 5.56 Å². The first-order chi connectivity index (χ1) is 22.6. The van der Waals surface area contributed by atoms with Crippen LogP contribution in [0.2, 0.25) is 0 Å². The minimum absolute atomic E-state index is 0.0279. The van der Waals surface area contributed by atoms with Crippen molar-refractivity contribution >= 4 is 17.3 Å². The smallest absolute Gasteiger partial charge is 0.280 e. The molecule has 11 heteroatoms. The van der Waals surface area contributed by atoms with Crippen LogP contribution in [0.15, 0.2) is 96.1 Å². The maximum Gasteiger partial charge on any atom is 0.280 e. The summed E-state index contributed by atoms with van der Waals surface area (Å²) in [6.45, 7) is 1.07. The molecule has 0 unspecified atom stereocenters. The number of hydrogen-bond acceptors (Lipinski definition) is 7. The number of benzene rings is 3. The molecule has 4 N–H and O–H groups in total. The largest absolute Gasteiger partial charge is 0.437 e. The third-order valence-electron chi connectivity index (χ3n) is 9.29. The maximum absolute atomic E-state index is 14.4. The van der Waals surface area contributed by atoms with Crippen molar-refractivity contribution in [2.75, 3.05) is 24.1 Å². The number of hydrogen-bond donors (Lipinski definition) is 3. The van der Waals surface area contributed by atoms with Gasteiger partial charge in [-0.05, 0) is 54.7 Å². The van der Waals surface area contributed by atoms with E-state index in [0.717, 1.165) is 16.8 Å². The summed E-state index contributed by atoms with van der Waals surface area (Å²) < 4.78 is 35.9. The third-order valence-corrected chi connectivity index (χ3v) is 9.29. The van der Waals surface area contributed by atoms with E-state index in [4.69, 9.17) is 10.5 Å². The fraction of sp³-hybridized carbons (Fsp3) is 0.361. The molecule has 4 aromatic rings. The number of piperidine rings is 1. The number of aliphatic hydroxyl groups is 1. The summed E-state index contributed by atoms with van der Waals surface area (Å²) in [5, 5.41) is 14.7. The first-order valence-electron chi connectivity index (χ1n) is 15.9. The molecule has 1 saturated heterocycles. The van der Waals surface area contributed by atoms with Gasteiger partial charge in [0.15, 0.2) is 5.69 Å². The molecule has 1 saturated carbocycles. The highest BCUT2D eigenvalue weighted by atomic mass is 19.3. The molecular weight excluding hydrogens is 604 g/mol. The third kappa shape index (κ3) is 7.62. The fourth-order valence-electron chi connectivity index (χ4n) is 6.56. The molecule has 6 rings (SSSR count). The van der Waals surface area contributed by atoms with E-state index in [1.54, 1.807) is 41.3 Å². The summed E-state index contributed by atoms with van der Waals surface area (Å²) in [6, 6.07) is 26.2. The number of nitrogens with zero attached hydrogens (tertiary/aromatic N) is 3. The molecule has 246 valence electrons. The number of alkyl halides is 2. The van der Waals surface area contributed by atoms with E-state index in [2.05, 4.69) is 10.3 Å². The first kappa shape index (κ1) is 32.2. The minimum atomic E-state index is -2.81. The monoisotopic (exact) mass is 643 g/mol. The molecule has 2 heterocycles. The molecule has 3 aromatic carbocycles. The summed E-state index contributed by atoms with van der Waals surface area (Å²) in [5.41, 5.74) is 6.92. The second-order valence-electron chi connectivity index (χ2n) is 12.6. The number of rotatable bonds is 9. The second-order valence-corrected chi connectivity index (χ2v) is 12.6. The molecule has 1 amide bonds. The van der Waals surface area contributed by atoms with Crippen LogP contribution in [0.25, 0.3) is 0 Å². The predicted molar refractivity (Wildman–Crippen MR) is 175 cm³/mol. The number of carbonyl (C=O) groups is 1. The van der Waals surface area contributed by atoms with Crippen LogP contribution in [0.5, 0.6) is 11.6 Å². The lowest BCUT2D eigenvalue weighted by Crippen LogP contribution is -2.52. The molecule has 9 nitrogen and oxygen atoms in total. The molecule has 1 aromatic heterocycles. The molecule has 0 bridgehead atoms. The summed E-state index contributed by atoms with van der Waals surface area (Å²) in [4.78, 5) is 32.7. The molecule has 1 aliphatic heterocycles. The summed E-state index contributed by atoms with van der Waals surface area (Å²) >= 11 is 0. The average molecular weight is 644 g/mol. The summed E-state index contributed by atoms with van der Waals surface area (Å²) in [7, 11) is 0. The van der Waals surface area contributed by atoms with Crippen molar-refractivity contribution in [3.05, 3.63) is 113 Å². The summed E-state index contributed by atoms with van der Waals surface area (Å²) in [5.74, 6) is -3.66. The number of likely N-dealkylation sites (tertiary alicyclic amines) is 1. The molecular formula is C36H39F2N5O4. The highest BCUT2D eigenvalue weighted by Crippen LogP contribution is 2.46. The normalized spacial score (nSPS) is 20.4. The SMILES string of the molecule is Nc1c(Oc2ccc(CNc3ccccc3)cc2)ncn(CC2(O)CCN(C(=O)[C@@H]3CCC(F)(F)C[C@H]3c3ccccc3)CC2)c1=O. The standard InChI is InChI=1S/C36H39F2N5O4/c37-36(38)16-15-29(30(21-36)26-7-3-1-4-8-26)33(44)42-19-17-35(46,18-20-42)23-43-24-41-32(31(39)34(43)45)47-28-13-11-25(12-14-28)22-40-27-9-5-2-6-10-27/h1-14,24,29-30,40,46H,15-23,39H2/t29-,30+/m1/s1. The molecule has 1 aliphatic carbocycles. The zero-order chi connectivity index (χ0) is 33.0. The lowest BCUT2D eigenvalue weighted by Gasteiger charge is -2.42. The van der Waals surface area contributed by atoms with Gasteiger partial charge in [0.05, 0.1) is 12.1 Å². The van der Waals surface area contributed by atoms with Crippen LogP contribution in [-0.4, -0.2) is 50.1 Å². The number of anilines is 2. The number of ether oxygens (including phenoxy) is 1. The Labute approximate surface area is 272 Å². The Balaban J connectivity index is 1.05. The van der Waals surface area contributed by atoms with Gasteiger partial charge in [-0.15, -0.1) is 0 Å². The Morgan fingerprint density at radius 3 is 2.32 bits per heavy atom. The Bertz CT molecular complexity index is 1730. The van der Waals surface area contributed by atoms with E-state index in [1.165, 1.54) is 10.9 Å². The predicted octanol–water partition coefficient (Wildman–Crippen LogP) is 5.80. The zero-order valence-electron chi connectivity index (χ0n) is 26.0. The number of nitrogen functional groups attached to an aromatic ring is 1. The molecule has 2 fully saturated rings. The number of nitrogens with one attached hydrogen (secondary N) is 1. The van der Waals surface area contributed by atoms with E-state index < -0.39 is 28.9 Å². The van der Waals surface area contributed by atoms with Gasteiger partial charge in [-0.2, -0.15) is 0 Å².